The van der Waals surface area contributed by atoms with Crippen molar-refractivity contribution in [1.82, 2.24) is 0 Å². The summed E-state index contributed by atoms with van der Waals surface area (Å²) in [6.07, 6.45) is 0. The molecule has 1 rings (SSSR count). The number of carbonyl (C=O) groups is 2. The molecule has 0 aliphatic heterocycles. The molecule has 0 bridgehead atoms. The highest BCUT2D eigenvalue weighted by atomic mass is 79.9. The van der Waals surface area contributed by atoms with Crippen molar-refractivity contribution in [3.05, 3.63) is 39.0 Å². The van der Waals surface area contributed by atoms with Crippen LogP contribution in [0.1, 0.15) is 6.92 Å². The highest BCUT2D eigenvalue weighted by Gasteiger charge is 2.16. The first-order valence-corrected chi connectivity index (χ1v) is 5.62. The third-order valence-corrected chi connectivity index (χ3v) is 2.41. The molecular formula is C11H10BrNO4. The number of nitrogens with one attached hydrogen (secondary N) is 1. The molecule has 0 unspecified atom stereocenters. The summed E-state index contributed by atoms with van der Waals surface area (Å²) in [6.45, 7) is 1.69. The summed E-state index contributed by atoms with van der Waals surface area (Å²) in [7, 11) is 0. The van der Waals surface area contributed by atoms with Gasteiger partial charge in [0.2, 0.25) is 5.43 Å². The van der Waals surface area contributed by atoms with Crippen LogP contribution in [0, 0.1) is 0 Å². The molecule has 6 heteroatoms. The fraction of sp³-hybridized carbons (Fsp3) is 0.182. The van der Waals surface area contributed by atoms with Gasteiger partial charge in [0.15, 0.2) is 0 Å². The van der Waals surface area contributed by atoms with Crippen LogP contribution in [0.4, 0.5) is 5.69 Å². The van der Waals surface area contributed by atoms with Crippen molar-refractivity contribution >= 4 is 33.5 Å². The van der Waals surface area contributed by atoms with Crippen LogP contribution >= 0.6 is 15.9 Å². The lowest BCUT2D eigenvalue weighted by Crippen LogP contribution is -2.27. The summed E-state index contributed by atoms with van der Waals surface area (Å²) in [6, 6.07) is 6.16. The van der Waals surface area contributed by atoms with E-state index in [1.54, 1.807) is 25.1 Å². The van der Waals surface area contributed by atoms with Crippen LogP contribution < -0.4 is 10.7 Å². The Morgan fingerprint density at radius 1 is 1.35 bits per heavy atom. The molecule has 0 aliphatic rings. The first kappa shape index (κ1) is 13.4. The van der Waals surface area contributed by atoms with E-state index in [4.69, 9.17) is 0 Å². The summed E-state index contributed by atoms with van der Waals surface area (Å²) in [4.78, 5) is 34.1. The highest BCUT2D eigenvalue weighted by Crippen LogP contribution is 2.06. The van der Waals surface area contributed by atoms with Gasteiger partial charge < -0.3 is 10.1 Å². The minimum atomic E-state index is -1.02. The van der Waals surface area contributed by atoms with E-state index in [1.807, 2.05) is 0 Å². The lowest BCUT2D eigenvalue weighted by molar-refractivity contribution is -0.152. The van der Waals surface area contributed by atoms with Crippen LogP contribution in [0.2, 0.25) is 0 Å². The van der Waals surface area contributed by atoms with Gasteiger partial charge in [-0.3, -0.25) is 9.59 Å². The van der Waals surface area contributed by atoms with E-state index < -0.39 is 17.3 Å². The number of rotatable bonds is 2. The van der Waals surface area contributed by atoms with E-state index in [2.05, 4.69) is 26.0 Å². The molecule has 0 aliphatic carbocycles. The predicted octanol–water partition coefficient (Wildman–Crippen LogP) is 1.31. The largest absolute Gasteiger partial charge is 0.459 e. The Kier molecular flexibility index (Phi) is 4.84. The van der Waals surface area contributed by atoms with Gasteiger partial charge in [0.25, 0.3) is 0 Å². The van der Waals surface area contributed by atoms with Crippen LogP contribution in [-0.2, 0) is 14.3 Å². The molecule has 0 atom stereocenters. The Labute approximate surface area is 106 Å². The fourth-order valence-corrected chi connectivity index (χ4v) is 1.41. The Morgan fingerprint density at radius 2 is 2.00 bits per heavy atom. The first-order valence-electron chi connectivity index (χ1n) is 4.83. The third kappa shape index (κ3) is 3.67. The summed E-state index contributed by atoms with van der Waals surface area (Å²) in [5.41, 5.74) is -0.396. The van der Waals surface area contributed by atoms with Gasteiger partial charge in [-0.2, -0.15) is 0 Å². The van der Waals surface area contributed by atoms with Gasteiger partial charge in [-0.1, -0.05) is 12.1 Å². The van der Waals surface area contributed by atoms with Crippen LogP contribution in [-0.4, -0.2) is 18.5 Å². The van der Waals surface area contributed by atoms with Crippen molar-refractivity contribution in [3.8, 4) is 0 Å². The molecule has 0 radical (unpaired) electrons. The van der Waals surface area contributed by atoms with Gasteiger partial charge in [0, 0.05) is 0 Å². The highest BCUT2D eigenvalue weighted by molar-refractivity contribution is 9.10. The molecule has 0 fully saturated rings. The number of hydrogen-bond acceptors (Lipinski definition) is 4. The molecule has 5 nitrogen and oxygen atoms in total. The summed E-state index contributed by atoms with van der Waals surface area (Å²) < 4.78 is 4.80. The lowest BCUT2D eigenvalue weighted by atomic mass is 10.4. The Bertz CT molecular complexity index is 501. The molecule has 0 saturated carbocycles. The van der Waals surface area contributed by atoms with Crippen LogP contribution in [0.5, 0.6) is 0 Å². The van der Waals surface area contributed by atoms with E-state index in [1.165, 1.54) is 6.07 Å². The van der Waals surface area contributed by atoms with Gasteiger partial charge in [-0.25, -0.2) is 4.79 Å². The normalized spacial score (nSPS) is 9.53. The predicted molar refractivity (Wildman–Crippen MR) is 65.7 cm³/mol. The number of anilines is 1. The molecule has 17 heavy (non-hydrogen) atoms. The summed E-state index contributed by atoms with van der Waals surface area (Å²) >= 11 is 3.05. The fourth-order valence-electron chi connectivity index (χ4n) is 1.04. The number of carbonyl (C=O) groups excluding carboxylic acids is 2. The zero-order chi connectivity index (χ0) is 12.8. The number of halogens is 1. The van der Waals surface area contributed by atoms with Gasteiger partial charge in [-0.05, 0) is 35.0 Å². The molecule has 0 spiro atoms. The van der Waals surface area contributed by atoms with E-state index in [-0.39, 0.29) is 12.3 Å². The zero-order valence-corrected chi connectivity index (χ0v) is 10.6. The van der Waals surface area contributed by atoms with Crippen LogP contribution in [0.3, 0.4) is 0 Å². The molecule has 1 aromatic carbocycles. The number of hydrogen-bond donors (Lipinski definition) is 1. The standard InChI is InChI=1S/C11H10BrNO4/c1-2-17-11(16)10(15)13-8-6-4-3-5-7(12)9(8)14/h3-6H,2H2,1H3,(H,13,14,15). The van der Waals surface area contributed by atoms with E-state index in [0.717, 1.165) is 0 Å². The average Bonchev–Trinajstić information content (AvgIpc) is 2.45. The number of esters is 1. The topological polar surface area (TPSA) is 72.5 Å². The Morgan fingerprint density at radius 3 is 2.65 bits per heavy atom. The Hall–Kier alpha value is -1.69. The van der Waals surface area contributed by atoms with Crippen molar-refractivity contribution in [2.75, 3.05) is 11.9 Å². The number of ether oxygens (including phenoxy) is 1. The molecule has 0 heterocycles. The van der Waals surface area contributed by atoms with Crippen LogP contribution in [0.15, 0.2) is 33.5 Å². The second-order valence-electron chi connectivity index (χ2n) is 2.98. The third-order valence-electron chi connectivity index (χ3n) is 1.79. The smallest absolute Gasteiger partial charge is 0.397 e. The van der Waals surface area contributed by atoms with Crippen molar-refractivity contribution in [2.45, 2.75) is 6.92 Å². The lowest BCUT2D eigenvalue weighted by Gasteiger charge is -2.02. The van der Waals surface area contributed by atoms with E-state index in [0.29, 0.717) is 4.47 Å². The van der Waals surface area contributed by atoms with Crippen molar-refractivity contribution in [1.29, 1.82) is 0 Å². The van der Waals surface area contributed by atoms with Gasteiger partial charge in [-0.15, -0.1) is 0 Å². The number of amides is 1. The molecular weight excluding hydrogens is 290 g/mol. The van der Waals surface area contributed by atoms with Crippen molar-refractivity contribution in [3.63, 3.8) is 0 Å². The molecule has 90 valence electrons. The SMILES string of the molecule is CCOC(=O)C(=O)Nc1ccccc(Br)c1=O. The maximum Gasteiger partial charge on any atom is 0.397 e. The molecule has 0 aromatic heterocycles. The molecule has 1 aromatic rings. The molecule has 0 saturated heterocycles. The molecule has 1 N–H and O–H groups in total. The van der Waals surface area contributed by atoms with Crippen molar-refractivity contribution < 1.29 is 14.3 Å². The Balaban J connectivity index is 2.94. The van der Waals surface area contributed by atoms with Crippen molar-refractivity contribution in [2.24, 2.45) is 0 Å². The monoisotopic (exact) mass is 299 g/mol. The maximum atomic E-state index is 11.7. The van der Waals surface area contributed by atoms with E-state index in [9.17, 15) is 14.4 Å². The van der Waals surface area contributed by atoms with Crippen LogP contribution in [0.25, 0.3) is 0 Å². The summed E-state index contributed by atoms with van der Waals surface area (Å²) in [5, 5.41) is 2.20. The zero-order valence-electron chi connectivity index (χ0n) is 9.03. The minimum absolute atomic E-state index is 0.0138. The molecule has 1 amide bonds. The quantitative estimate of drug-likeness (QED) is 0.660. The van der Waals surface area contributed by atoms with Gasteiger partial charge in [0.05, 0.1) is 16.8 Å². The van der Waals surface area contributed by atoms with E-state index >= 15 is 0 Å². The second-order valence-corrected chi connectivity index (χ2v) is 3.84. The van der Waals surface area contributed by atoms with Gasteiger partial charge in [0.1, 0.15) is 0 Å². The maximum absolute atomic E-state index is 11.7. The average molecular weight is 300 g/mol. The summed E-state index contributed by atoms with van der Waals surface area (Å²) in [5.74, 6) is -1.99. The van der Waals surface area contributed by atoms with Gasteiger partial charge >= 0.3 is 11.9 Å². The second kappa shape index (κ2) is 6.15. The first-order chi connectivity index (χ1) is 8.06. The minimum Gasteiger partial charge on any atom is -0.459 e.